The van der Waals surface area contributed by atoms with Crippen LogP contribution in [0.15, 0.2) is 42.5 Å². The van der Waals surface area contributed by atoms with Crippen LogP contribution in [-0.2, 0) is 13.1 Å². The Labute approximate surface area is 148 Å². The summed E-state index contributed by atoms with van der Waals surface area (Å²) >= 11 is 0. The first-order chi connectivity index (χ1) is 12.0. The number of nitrogens with one attached hydrogen (secondary N) is 1. The van der Waals surface area contributed by atoms with Crippen LogP contribution in [-0.4, -0.2) is 17.6 Å². The molecule has 1 heterocycles. The monoisotopic (exact) mass is 336 g/mol. The molecule has 4 heteroatoms. The van der Waals surface area contributed by atoms with Gasteiger partial charge < -0.3 is 14.6 Å². The highest BCUT2D eigenvalue weighted by Crippen LogP contribution is 2.26. The van der Waals surface area contributed by atoms with Gasteiger partial charge in [0.05, 0.1) is 7.11 Å². The Balaban J connectivity index is 1.78. The lowest BCUT2D eigenvalue weighted by Crippen LogP contribution is -2.22. The zero-order valence-corrected chi connectivity index (χ0v) is 15.2. The fourth-order valence-corrected chi connectivity index (χ4v) is 3.23. The van der Waals surface area contributed by atoms with E-state index in [1.165, 1.54) is 16.8 Å². The highest BCUT2D eigenvalue weighted by molar-refractivity contribution is 5.99. The van der Waals surface area contributed by atoms with Crippen molar-refractivity contribution in [2.24, 2.45) is 0 Å². The van der Waals surface area contributed by atoms with Gasteiger partial charge in [0.25, 0.3) is 5.91 Å². The number of benzene rings is 2. The summed E-state index contributed by atoms with van der Waals surface area (Å²) in [5.41, 5.74) is 5.41. The van der Waals surface area contributed by atoms with Gasteiger partial charge in [-0.3, -0.25) is 4.79 Å². The molecule has 130 valence electrons. The molecular weight excluding hydrogens is 312 g/mol. The maximum absolute atomic E-state index is 12.5. The number of fused-ring (bicyclic) bond motifs is 1. The number of rotatable bonds is 5. The lowest BCUT2D eigenvalue weighted by molar-refractivity contribution is 0.0951. The number of amides is 1. The zero-order valence-electron chi connectivity index (χ0n) is 15.2. The van der Waals surface area contributed by atoms with E-state index in [4.69, 9.17) is 4.74 Å². The first kappa shape index (κ1) is 17.1. The largest absolute Gasteiger partial charge is 0.497 e. The second kappa shape index (κ2) is 7.01. The average molecular weight is 336 g/mol. The van der Waals surface area contributed by atoms with Gasteiger partial charge in [0, 0.05) is 35.2 Å². The predicted octanol–water partition coefficient (Wildman–Crippen LogP) is 4.22. The molecule has 1 aromatic heterocycles. The van der Waals surface area contributed by atoms with Gasteiger partial charge in [-0.25, -0.2) is 0 Å². The fourth-order valence-electron chi connectivity index (χ4n) is 3.23. The van der Waals surface area contributed by atoms with Crippen molar-refractivity contribution in [3.63, 3.8) is 0 Å². The van der Waals surface area contributed by atoms with Gasteiger partial charge in [-0.1, -0.05) is 12.1 Å². The molecule has 1 amide bonds. The number of aromatic nitrogens is 1. The van der Waals surface area contributed by atoms with Crippen molar-refractivity contribution < 1.29 is 9.53 Å². The third-order valence-electron chi connectivity index (χ3n) is 4.83. The molecular formula is C21H24N2O2. The number of aryl methyl sites for hydroxylation is 2. The summed E-state index contributed by atoms with van der Waals surface area (Å²) in [5, 5.41) is 4.14. The van der Waals surface area contributed by atoms with Gasteiger partial charge in [-0.2, -0.15) is 0 Å². The SMILES string of the molecule is CCn1c(C)c(C)c2cc(C(=O)NCc3ccc(OC)cc3)ccc21. The molecule has 0 fully saturated rings. The number of nitrogens with zero attached hydrogens (tertiary/aromatic N) is 1. The van der Waals surface area contributed by atoms with Gasteiger partial charge in [-0.05, 0) is 62.2 Å². The molecule has 0 unspecified atom stereocenters. The second-order valence-electron chi connectivity index (χ2n) is 6.22. The first-order valence-corrected chi connectivity index (χ1v) is 8.55. The van der Waals surface area contributed by atoms with Crippen LogP contribution in [0.3, 0.4) is 0 Å². The standard InChI is InChI=1S/C21H24N2O2/c1-5-23-15(3)14(2)19-12-17(8-11-20(19)23)21(24)22-13-16-6-9-18(25-4)10-7-16/h6-12H,5,13H2,1-4H3,(H,22,24). The van der Waals surface area contributed by atoms with Gasteiger partial charge >= 0.3 is 0 Å². The van der Waals surface area contributed by atoms with E-state index >= 15 is 0 Å². The van der Waals surface area contributed by atoms with Crippen LogP contribution in [0.2, 0.25) is 0 Å². The predicted molar refractivity (Wildman–Crippen MR) is 101 cm³/mol. The molecule has 4 nitrogen and oxygen atoms in total. The summed E-state index contributed by atoms with van der Waals surface area (Å²) in [6, 6.07) is 13.6. The molecule has 0 bridgehead atoms. The second-order valence-corrected chi connectivity index (χ2v) is 6.22. The topological polar surface area (TPSA) is 43.3 Å². The lowest BCUT2D eigenvalue weighted by atomic mass is 10.1. The summed E-state index contributed by atoms with van der Waals surface area (Å²) in [7, 11) is 1.64. The molecule has 3 rings (SSSR count). The van der Waals surface area contributed by atoms with Crippen molar-refractivity contribution in [2.45, 2.75) is 33.9 Å². The number of carbonyl (C=O) groups is 1. The summed E-state index contributed by atoms with van der Waals surface area (Å²) in [4.78, 5) is 12.5. The third-order valence-corrected chi connectivity index (χ3v) is 4.83. The Bertz CT molecular complexity index is 908. The molecule has 0 aliphatic rings. The molecule has 0 saturated heterocycles. The minimum Gasteiger partial charge on any atom is -0.497 e. The van der Waals surface area contributed by atoms with Gasteiger partial charge in [0.1, 0.15) is 5.75 Å². The van der Waals surface area contributed by atoms with Crippen molar-refractivity contribution >= 4 is 16.8 Å². The Morgan fingerprint density at radius 2 is 1.84 bits per heavy atom. The van der Waals surface area contributed by atoms with E-state index in [-0.39, 0.29) is 5.91 Å². The third kappa shape index (κ3) is 3.25. The van der Waals surface area contributed by atoms with Crippen LogP contribution in [0.5, 0.6) is 5.75 Å². The smallest absolute Gasteiger partial charge is 0.251 e. The number of ether oxygens (including phenoxy) is 1. The minimum atomic E-state index is -0.0565. The van der Waals surface area contributed by atoms with Crippen LogP contribution in [0.4, 0.5) is 0 Å². The van der Waals surface area contributed by atoms with E-state index in [1.807, 2.05) is 42.5 Å². The number of methoxy groups -OCH3 is 1. The lowest BCUT2D eigenvalue weighted by Gasteiger charge is -2.07. The van der Waals surface area contributed by atoms with E-state index in [1.54, 1.807) is 7.11 Å². The van der Waals surface area contributed by atoms with Crippen LogP contribution >= 0.6 is 0 Å². The Morgan fingerprint density at radius 1 is 1.12 bits per heavy atom. The summed E-state index contributed by atoms with van der Waals surface area (Å²) in [5.74, 6) is 0.755. The van der Waals surface area contributed by atoms with Crippen molar-refractivity contribution in [2.75, 3.05) is 7.11 Å². The Kier molecular flexibility index (Phi) is 4.79. The quantitative estimate of drug-likeness (QED) is 0.758. The van der Waals surface area contributed by atoms with Crippen LogP contribution in [0.25, 0.3) is 10.9 Å². The van der Waals surface area contributed by atoms with Gasteiger partial charge in [-0.15, -0.1) is 0 Å². The maximum Gasteiger partial charge on any atom is 0.251 e. The number of hydrogen-bond acceptors (Lipinski definition) is 2. The zero-order chi connectivity index (χ0) is 18.0. The molecule has 3 aromatic rings. The molecule has 0 spiro atoms. The molecule has 0 aliphatic carbocycles. The maximum atomic E-state index is 12.5. The van der Waals surface area contributed by atoms with Crippen LogP contribution < -0.4 is 10.1 Å². The number of hydrogen-bond donors (Lipinski definition) is 1. The van der Waals surface area contributed by atoms with Crippen molar-refractivity contribution in [3.8, 4) is 5.75 Å². The van der Waals surface area contributed by atoms with Gasteiger partial charge in [0.15, 0.2) is 0 Å². The Morgan fingerprint density at radius 3 is 2.48 bits per heavy atom. The van der Waals surface area contributed by atoms with E-state index < -0.39 is 0 Å². The van der Waals surface area contributed by atoms with E-state index in [9.17, 15) is 4.79 Å². The summed E-state index contributed by atoms with van der Waals surface area (Å²) < 4.78 is 7.43. The van der Waals surface area contributed by atoms with Crippen LogP contribution in [0, 0.1) is 13.8 Å². The average Bonchev–Trinajstić information content (AvgIpc) is 2.90. The molecule has 0 atom stereocenters. The van der Waals surface area contributed by atoms with Crippen molar-refractivity contribution in [1.82, 2.24) is 9.88 Å². The number of carbonyl (C=O) groups excluding carboxylic acids is 1. The highest BCUT2D eigenvalue weighted by atomic mass is 16.5. The van der Waals surface area contributed by atoms with E-state index in [0.717, 1.165) is 23.2 Å². The minimum absolute atomic E-state index is 0.0565. The van der Waals surface area contributed by atoms with Crippen molar-refractivity contribution in [3.05, 3.63) is 64.8 Å². The summed E-state index contributed by atoms with van der Waals surface area (Å²) in [6.07, 6.45) is 0. The first-order valence-electron chi connectivity index (χ1n) is 8.55. The molecule has 0 aliphatic heterocycles. The molecule has 1 N–H and O–H groups in total. The highest BCUT2D eigenvalue weighted by Gasteiger charge is 2.13. The molecule has 2 aromatic carbocycles. The van der Waals surface area contributed by atoms with Crippen molar-refractivity contribution in [1.29, 1.82) is 0 Å². The Hall–Kier alpha value is -2.75. The van der Waals surface area contributed by atoms with E-state index in [0.29, 0.717) is 12.1 Å². The molecule has 0 radical (unpaired) electrons. The van der Waals surface area contributed by atoms with Gasteiger partial charge in [0.2, 0.25) is 0 Å². The molecule has 0 saturated carbocycles. The van der Waals surface area contributed by atoms with Crippen LogP contribution in [0.1, 0.15) is 34.1 Å². The van der Waals surface area contributed by atoms with E-state index in [2.05, 4.69) is 30.7 Å². The fraction of sp³-hybridized carbons (Fsp3) is 0.286. The summed E-state index contributed by atoms with van der Waals surface area (Å²) in [6.45, 7) is 7.81. The molecule has 25 heavy (non-hydrogen) atoms. The normalized spacial score (nSPS) is 10.9.